The summed E-state index contributed by atoms with van der Waals surface area (Å²) in [7, 11) is 1.57. The van der Waals surface area contributed by atoms with Gasteiger partial charge in [-0.2, -0.15) is 5.26 Å². The van der Waals surface area contributed by atoms with Crippen LogP contribution >= 0.6 is 11.6 Å². The van der Waals surface area contributed by atoms with Crippen LogP contribution in [0.5, 0.6) is 23.0 Å². The zero-order valence-electron chi connectivity index (χ0n) is 19.9. The molecule has 0 aromatic heterocycles. The molecule has 3 aromatic rings. The smallest absolute Gasteiger partial charge is 0.345 e. The first-order valence-corrected chi connectivity index (χ1v) is 11.8. The van der Waals surface area contributed by atoms with Gasteiger partial charge in [-0.1, -0.05) is 49.2 Å². The van der Waals surface area contributed by atoms with Crippen LogP contribution in [0.3, 0.4) is 0 Å². The highest BCUT2D eigenvalue weighted by Crippen LogP contribution is 2.45. The lowest BCUT2D eigenvalue weighted by molar-refractivity contribution is 0.0734. The van der Waals surface area contributed by atoms with Crippen LogP contribution in [0.2, 0.25) is 5.02 Å². The number of unbranched alkanes of at least 4 members (excludes halogenated alkanes) is 1. The number of carbonyl (C=O) groups excluding carboxylic acids is 1. The van der Waals surface area contributed by atoms with Crippen LogP contribution in [-0.4, -0.2) is 19.7 Å². The fourth-order valence-electron chi connectivity index (χ4n) is 3.94. The Morgan fingerprint density at radius 2 is 1.94 bits per heavy atom. The summed E-state index contributed by atoms with van der Waals surface area (Å²) >= 11 is 6.11. The summed E-state index contributed by atoms with van der Waals surface area (Å²) in [5, 5.41) is 10.2. The number of halogens is 1. The number of nitrogens with two attached hydrogens (primary N) is 1. The highest BCUT2D eigenvalue weighted by atomic mass is 35.5. The molecule has 3 aromatic carbocycles. The Morgan fingerprint density at radius 1 is 1.14 bits per heavy atom. The van der Waals surface area contributed by atoms with Gasteiger partial charge in [0.1, 0.15) is 23.1 Å². The zero-order chi connectivity index (χ0) is 25.7. The monoisotopic (exact) mass is 504 g/mol. The van der Waals surface area contributed by atoms with Gasteiger partial charge in [-0.3, -0.25) is 0 Å². The molecule has 1 heterocycles. The molecule has 0 saturated heterocycles. The number of hydrogen-bond donors (Lipinski definition) is 1. The van der Waals surface area contributed by atoms with E-state index < -0.39 is 11.9 Å². The van der Waals surface area contributed by atoms with Crippen molar-refractivity contribution in [2.24, 2.45) is 5.73 Å². The number of allylic oxidation sites excluding steroid dienone is 1. The molecule has 1 unspecified atom stereocenters. The Kier molecular flexibility index (Phi) is 7.67. The number of rotatable bonds is 8. The Bertz CT molecular complexity index is 1360. The summed E-state index contributed by atoms with van der Waals surface area (Å²) in [4.78, 5) is 12.6. The van der Waals surface area contributed by atoms with Crippen molar-refractivity contribution in [3.05, 3.63) is 93.8 Å². The molecule has 0 aliphatic carbocycles. The van der Waals surface area contributed by atoms with Crippen LogP contribution in [0.15, 0.2) is 72.1 Å². The fourth-order valence-corrected chi connectivity index (χ4v) is 4.15. The average Bonchev–Trinajstić information content (AvgIpc) is 2.88. The second kappa shape index (κ2) is 11.1. The van der Waals surface area contributed by atoms with Crippen LogP contribution in [0, 0.1) is 11.3 Å². The van der Waals surface area contributed by atoms with Crippen molar-refractivity contribution in [3.63, 3.8) is 0 Å². The molecule has 2 N–H and O–H groups in total. The molecule has 0 saturated carbocycles. The Hall–Kier alpha value is -4.15. The van der Waals surface area contributed by atoms with Crippen molar-refractivity contribution in [2.75, 3.05) is 13.7 Å². The number of carbonyl (C=O) groups is 1. The minimum atomic E-state index is -0.600. The van der Waals surface area contributed by atoms with Crippen LogP contribution in [0.25, 0.3) is 0 Å². The van der Waals surface area contributed by atoms with Crippen LogP contribution < -0.4 is 24.7 Å². The maximum absolute atomic E-state index is 12.6. The average molecular weight is 505 g/mol. The maximum atomic E-state index is 12.6. The molecular formula is C28H25ClN2O5. The third-order valence-electron chi connectivity index (χ3n) is 5.77. The Balaban J connectivity index is 1.67. The molecule has 36 heavy (non-hydrogen) atoms. The van der Waals surface area contributed by atoms with Gasteiger partial charge in [0, 0.05) is 11.6 Å². The second-order valence-corrected chi connectivity index (χ2v) is 8.51. The largest absolute Gasteiger partial charge is 0.493 e. The van der Waals surface area contributed by atoms with Gasteiger partial charge in [-0.15, -0.1) is 0 Å². The lowest BCUT2D eigenvalue weighted by Gasteiger charge is -2.27. The molecule has 0 radical (unpaired) electrons. The third kappa shape index (κ3) is 5.09. The van der Waals surface area contributed by atoms with Crippen molar-refractivity contribution >= 4 is 17.6 Å². The van der Waals surface area contributed by atoms with E-state index >= 15 is 0 Å². The molecule has 7 nitrogen and oxygen atoms in total. The summed E-state index contributed by atoms with van der Waals surface area (Å²) in [6.07, 6.45) is 1.95. The molecule has 8 heteroatoms. The molecule has 1 aliphatic heterocycles. The Labute approximate surface area is 214 Å². The highest BCUT2D eigenvalue weighted by molar-refractivity contribution is 6.33. The second-order valence-electron chi connectivity index (χ2n) is 8.11. The first kappa shape index (κ1) is 25.0. The SMILES string of the molecule is CCCCOc1ccc(C2C(C#N)=C(N)Oc3cc(OC(=O)c4ccccc4Cl)ccc32)cc1OC. The summed E-state index contributed by atoms with van der Waals surface area (Å²) in [6.45, 7) is 2.67. The number of fused-ring (bicyclic) bond motifs is 1. The quantitative estimate of drug-likeness (QED) is 0.229. The maximum Gasteiger partial charge on any atom is 0.345 e. The first-order valence-electron chi connectivity index (χ1n) is 11.5. The minimum absolute atomic E-state index is 0.0215. The molecular weight excluding hydrogens is 480 g/mol. The molecule has 0 spiro atoms. The van der Waals surface area contributed by atoms with Crippen LogP contribution in [-0.2, 0) is 0 Å². The van der Waals surface area contributed by atoms with E-state index in [4.69, 9.17) is 36.3 Å². The standard InChI is InChI=1S/C28H25ClN2O5/c1-3-4-13-34-23-12-9-17(14-25(23)33-2)26-20-11-10-18(15-24(20)36-27(31)21(26)16-30)35-28(32)19-7-5-6-8-22(19)29/h5-12,14-15,26H,3-4,13,31H2,1-2H3. The predicted molar refractivity (Wildman–Crippen MR) is 136 cm³/mol. The normalized spacial score (nSPS) is 14.3. The molecule has 0 amide bonds. The van der Waals surface area contributed by atoms with E-state index in [1.54, 1.807) is 49.6 Å². The number of hydrogen-bond acceptors (Lipinski definition) is 7. The third-order valence-corrected chi connectivity index (χ3v) is 6.10. The van der Waals surface area contributed by atoms with Crippen molar-refractivity contribution in [3.8, 4) is 29.1 Å². The number of methoxy groups -OCH3 is 1. The van der Waals surface area contributed by atoms with Gasteiger partial charge in [0.2, 0.25) is 5.88 Å². The van der Waals surface area contributed by atoms with Crippen LogP contribution in [0.1, 0.15) is 47.2 Å². The molecule has 1 atom stereocenters. The van der Waals surface area contributed by atoms with Gasteiger partial charge in [-0.25, -0.2) is 4.79 Å². The summed E-state index contributed by atoms with van der Waals surface area (Å²) < 4.78 is 22.7. The van der Waals surface area contributed by atoms with Gasteiger partial charge in [0.25, 0.3) is 0 Å². The molecule has 184 valence electrons. The van der Waals surface area contributed by atoms with Crippen LogP contribution in [0.4, 0.5) is 0 Å². The summed E-state index contributed by atoms with van der Waals surface area (Å²) in [5.41, 5.74) is 8.12. The van der Waals surface area contributed by atoms with E-state index in [2.05, 4.69) is 13.0 Å². The summed E-state index contributed by atoms with van der Waals surface area (Å²) in [6, 6.07) is 19.3. The minimum Gasteiger partial charge on any atom is -0.493 e. The summed E-state index contributed by atoms with van der Waals surface area (Å²) in [5.74, 6) is 0.679. The van der Waals surface area contributed by atoms with Crippen molar-refractivity contribution in [2.45, 2.75) is 25.7 Å². The highest BCUT2D eigenvalue weighted by Gasteiger charge is 2.32. The van der Waals surface area contributed by atoms with Gasteiger partial charge in [-0.05, 0) is 42.3 Å². The van der Waals surface area contributed by atoms with E-state index in [1.165, 1.54) is 0 Å². The first-order chi connectivity index (χ1) is 17.5. The lowest BCUT2D eigenvalue weighted by atomic mass is 9.83. The van der Waals surface area contributed by atoms with E-state index in [0.29, 0.717) is 34.4 Å². The van der Waals surface area contributed by atoms with E-state index in [9.17, 15) is 10.1 Å². The number of benzene rings is 3. The van der Waals surface area contributed by atoms with Crippen molar-refractivity contribution < 1.29 is 23.7 Å². The number of nitriles is 1. The molecule has 0 bridgehead atoms. The van der Waals surface area contributed by atoms with Gasteiger partial charge in [0.05, 0.1) is 30.2 Å². The van der Waals surface area contributed by atoms with Crippen molar-refractivity contribution in [1.29, 1.82) is 5.26 Å². The molecule has 0 fully saturated rings. The molecule has 1 aliphatic rings. The van der Waals surface area contributed by atoms with Gasteiger partial charge in [0.15, 0.2) is 11.5 Å². The van der Waals surface area contributed by atoms with Crippen molar-refractivity contribution in [1.82, 2.24) is 0 Å². The van der Waals surface area contributed by atoms with E-state index in [1.807, 2.05) is 18.2 Å². The predicted octanol–water partition coefficient (Wildman–Crippen LogP) is 5.96. The zero-order valence-corrected chi connectivity index (χ0v) is 20.7. The van der Waals surface area contributed by atoms with Gasteiger partial charge < -0.3 is 24.7 Å². The topological polar surface area (TPSA) is 104 Å². The number of ether oxygens (including phenoxy) is 4. The fraction of sp³-hybridized carbons (Fsp3) is 0.214. The number of esters is 1. The van der Waals surface area contributed by atoms with E-state index in [0.717, 1.165) is 18.4 Å². The van der Waals surface area contributed by atoms with E-state index in [-0.39, 0.29) is 22.8 Å². The van der Waals surface area contributed by atoms with Gasteiger partial charge >= 0.3 is 5.97 Å². The lowest BCUT2D eigenvalue weighted by Crippen LogP contribution is -2.21. The molecule has 4 rings (SSSR count). The Morgan fingerprint density at radius 3 is 2.67 bits per heavy atom. The number of nitrogens with zero attached hydrogens (tertiary/aromatic N) is 1.